The highest BCUT2D eigenvalue weighted by atomic mass is 16.2. The highest BCUT2D eigenvalue weighted by Gasteiger charge is 2.09. The highest BCUT2D eigenvalue weighted by Crippen LogP contribution is 2.14. The van der Waals surface area contributed by atoms with Crippen LogP contribution in [-0.4, -0.2) is 26.8 Å². The van der Waals surface area contributed by atoms with Gasteiger partial charge in [0.05, 0.1) is 11.9 Å². The Kier molecular flexibility index (Phi) is 5.78. The number of rotatable bonds is 6. The van der Waals surface area contributed by atoms with Crippen LogP contribution in [-0.2, 0) is 16.1 Å². The van der Waals surface area contributed by atoms with Crippen LogP contribution in [0.2, 0.25) is 0 Å². The van der Waals surface area contributed by atoms with Crippen LogP contribution in [0.15, 0.2) is 53.3 Å². The van der Waals surface area contributed by atoms with Crippen molar-refractivity contribution in [3.05, 3.63) is 58.9 Å². The molecule has 1 heterocycles. The van der Waals surface area contributed by atoms with Crippen molar-refractivity contribution in [3.63, 3.8) is 0 Å². The van der Waals surface area contributed by atoms with Crippen LogP contribution in [0.25, 0.3) is 10.9 Å². The predicted octanol–water partition coefficient (Wildman–Crippen LogP) is 2.41. The average molecular weight is 379 g/mol. The minimum absolute atomic E-state index is 0.0706. The number of aromatic nitrogens is 3. The van der Waals surface area contributed by atoms with E-state index in [-0.39, 0.29) is 36.3 Å². The van der Waals surface area contributed by atoms with E-state index in [0.29, 0.717) is 22.3 Å². The van der Waals surface area contributed by atoms with Gasteiger partial charge in [0.2, 0.25) is 11.8 Å². The maximum absolute atomic E-state index is 12.4. The number of amides is 2. The van der Waals surface area contributed by atoms with E-state index in [0.717, 1.165) is 0 Å². The molecule has 1 aromatic heterocycles. The molecule has 2 N–H and O–H groups in total. The molecule has 0 aliphatic rings. The second-order valence-electron chi connectivity index (χ2n) is 6.65. The first-order valence-electron chi connectivity index (χ1n) is 8.97. The molecule has 144 valence electrons. The van der Waals surface area contributed by atoms with Crippen LogP contribution in [0.3, 0.4) is 0 Å². The molecule has 0 unspecified atom stereocenters. The van der Waals surface area contributed by atoms with Crippen LogP contribution in [0.4, 0.5) is 11.4 Å². The third-order valence-corrected chi connectivity index (χ3v) is 4.14. The number of nitrogens with one attached hydrogen (secondary N) is 2. The Balaban J connectivity index is 1.58. The Labute approximate surface area is 161 Å². The first-order valence-corrected chi connectivity index (χ1v) is 8.97. The van der Waals surface area contributed by atoms with Gasteiger partial charge in [-0.25, -0.2) is 4.68 Å². The predicted molar refractivity (Wildman–Crippen MR) is 107 cm³/mol. The molecule has 0 saturated carbocycles. The molecular weight excluding hydrogens is 358 g/mol. The fourth-order valence-corrected chi connectivity index (χ4v) is 2.52. The van der Waals surface area contributed by atoms with Crippen molar-refractivity contribution in [1.82, 2.24) is 15.0 Å². The van der Waals surface area contributed by atoms with Gasteiger partial charge < -0.3 is 10.6 Å². The normalized spacial score (nSPS) is 10.8. The van der Waals surface area contributed by atoms with E-state index >= 15 is 0 Å². The van der Waals surface area contributed by atoms with Crippen molar-refractivity contribution in [2.75, 3.05) is 10.6 Å². The van der Waals surface area contributed by atoms with Gasteiger partial charge >= 0.3 is 0 Å². The summed E-state index contributed by atoms with van der Waals surface area (Å²) >= 11 is 0. The van der Waals surface area contributed by atoms with Gasteiger partial charge in [-0.05, 0) is 36.4 Å². The molecule has 0 aliphatic heterocycles. The largest absolute Gasteiger partial charge is 0.326 e. The molecule has 8 nitrogen and oxygen atoms in total. The highest BCUT2D eigenvalue weighted by molar-refractivity contribution is 5.93. The van der Waals surface area contributed by atoms with Crippen molar-refractivity contribution in [2.24, 2.45) is 5.92 Å². The minimum atomic E-state index is -0.274. The zero-order valence-corrected chi connectivity index (χ0v) is 15.7. The molecule has 3 rings (SSSR count). The molecule has 0 saturated heterocycles. The van der Waals surface area contributed by atoms with Crippen molar-refractivity contribution in [1.29, 1.82) is 0 Å². The number of hydrogen-bond donors (Lipinski definition) is 2. The lowest BCUT2D eigenvalue weighted by molar-refractivity contribution is -0.119. The van der Waals surface area contributed by atoms with Gasteiger partial charge in [-0.2, -0.15) is 0 Å². The van der Waals surface area contributed by atoms with Gasteiger partial charge in [0.1, 0.15) is 5.52 Å². The van der Waals surface area contributed by atoms with Crippen LogP contribution < -0.4 is 16.2 Å². The van der Waals surface area contributed by atoms with Crippen LogP contribution in [0.5, 0.6) is 0 Å². The Morgan fingerprint density at radius 2 is 1.64 bits per heavy atom. The van der Waals surface area contributed by atoms with Gasteiger partial charge in [-0.3, -0.25) is 14.4 Å². The molecule has 2 aromatic carbocycles. The summed E-state index contributed by atoms with van der Waals surface area (Å²) < 4.78 is 1.19. The number of aryl methyl sites for hydroxylation is 1. The lowest BCUT2D eigenvalue weighted by atomic mass is 10.2. The molecular formula is C20H21N5O3. The maximum Gasteiger partial charge on any atom is 0.277 e. The summed E-state index contributed by atoms with van der Waals surface area (Å²) in [7, 11) is 0. The lowest BCUT2D eigenvalue weighted by Crippen LogP contribution is -2.26. The SMILES string of the molecule is CC(C)C(=O)Nc1ccc(NC(=O)CCn2nnc3ccccc3c2=O)cc1. The zero-order chi connectivity index (χ0) is 20.1. The Morgan fingerprint density at radius 1 is 1.00 bits per heavy atom. The summed E-state index contributed by atoms with van der Waals surface area (Å²) in [6.45, 7) is 3.76. The van der Waals surface area contributed by atoms with E-state index in [1.807, 2.05) is 13.8 Å². The number of fused-ring (bicyclic) bond motifs is 1. The number of anilines is 2. The van der Waals surface area contributed by atoms with Crippen LogP contribution >= 0.6 is 0 Å². The van der Waals surface area contributed by atoms with Crippen molar-refractivity contribution < 1.29 is 9.59 Å². The number of carbonyl (C=O) groups is 2. The minimum Gasteiger partial charge on any atom is -0.326 e. The van der Waals surface area contributed by atoms with Crippen molar-refractivity contribution >= 4 is 34.1 Å². The van der Waals surface area contributed by atoms with Crippen molar-refractivity contribution in [3.8, 4) is 0 Å². The summed E-state index contributed by atoms with van der Waals surface area (Å²) in [4.78, 5) is 36.2. The van der Waals surface area contributed by atoms with Gasteiger partial charge in [0.25, 0.3) is 5.56 Å². The zero-order valence-electron chi connectivity index (χ0n) is 15.7. The molecule has 0 bridgehead atoms. The Morgan fingerprint density at radius 3 is 2.32 bits per heavy atom. The Hall–Kier alpha value is -3.55. The van der Waals surface area contributed by atoms with Crippen molar-refractivity contribution in [2.45, 2.75) is 26.8 Å². The monoisotopic (exact) mass is 379 g/mol. The lowest BCUT2D eigenvalue weighted by Gasteiger charge is -2.09. The number of hydrogen-bond acceptors (Lipinski definition) is 5. The van der Waals surface area contributed by atoms with E-state index in [4.69, 9.17) is 0 Å². The summed E-state index contributed by atoms with van der Waals surface area (Å²) in [6.07, 6.45) is 0.0821. The molecule has 0 radical (unpaired) electrons. The summed E-state index contributed by atoms with van der Waals surface area (Å²) in [5, 5.41) is 13.9. The molecule has 0 aliphatic carbocycles. The quantitative estimate of drug-likeness (QED) is 0.684. The molecule has 0 fully saturated rings. The van der Waals surface area contributed by atoms with E-state index in [9.17, 15) is 14.4 Å². The number of benzene rings is 2. The average Bonchev–Trinajstić information content (AvgIpc) is 2.69. The molecule has 3 aromatic rings. The van der Waals surface area contributed by atoms with E-state index in [1.165, 1.54) is 4.68 Å². The maximum atomic E-state index is 12.4. The third-order valence-electron chi connectivity index (χ3n) is 4.14. The first kappa shape index (κ1) is 19.2. The van der Waals surface area contributed by atoms with E-state index in [1.54, 1.807) is 48.5 Å². The van der Waals surface area contributed by atoms with E-state index < -0.39 is 0 Å². The fourth-order valence-electron chi connectivity index (χ4n) is 2.52. The molecule has 0 atom stereocenters. The molecule has 8 heteroatoms. The number of carbonyl (C=O) groups excluding carboxylic acids is 2. The van der Waals surface area contributed by atoms with Gasteiger partial charge in [0.15, 0.2) is 0 Å². The van der Waals surface area contributed by atoms with E-state index in [2.05, 4.69) is 20.9 Å². The second kappa shape index (κ2) is 8.43. The molecule has 28 heavy (non-hydrogen) atoms. The summed E-state index contributed by atoms with van der Waals surface area (Å²) in [5.74, 6) is -0.430. The van der Waals surface area contributed by atoms with Gasteiger partial charge in [-0.1, -0.05) is 31.2 Å². The second-order valence-corrected chi connectivity index (χ2v) is 6.65. The van der Waals surface area contributed by atoms with Crippen LogP contribution in [0.1, 0.15) is 20.3 Å². The number of nitrogens with zero attached hydrogens (tertiary/aromatic N) is 3. The Bertz CT molecular complexity index is 1060. The van der Waals surface area contributed by atoms with Gasteiger partial charge in [0, 0.05) is 23.7 Å². The van der Waals surface area contributed by atoms with Crippen LogP contribution in [0, 0.1) is 5.92 Å². The molecule has 2 amide bonds. The summed E-state index contributed by atoms with van der Waals surface area (Å²) in [5.41, 5.74) is 1.51. The first-order chi connectivity index (χ1) is 13.4. The third kappa shape index (κ3) is 4.59. The topological polar surface area (TPSA) is 106 Å². The fraction of sp³-hybridized carbons (Fsp3) is 0.250. The molecule has 0 spiro atoms. The van der Waals surface area contributed by atoms with Gasteiger partial charge in [-0.15, -0.1) is 5.10 Å². The standard InChI is InChI=1S/C20H21N5O3/c1-13(2)19(27)22-15-9-7-14(8-10-15)21-18(26)11-12-25-20(28)16-5-3-4-6-17(16)23-24-25/h3-10,13H,11-12H2,1-2H3,(H,21,26)(H,22,27). The summed E-state index contributed by atoms with van der Waals surface area (Å²) in [6, 6.07) is 13.8. The smallest absolute Gasteiger partial charge is 0.277 e.